The van der Waals surface area contributed by atoms with E-state index in [1.165, 1.54) is 0 Å². The maximum atomic E-state index is 13.6. The van der Waals surface area contributed by atoms with Gasteiger partial charge in [0.15, 0.2) is 5.82 Å². The van der Waals surface area contributed by atoms with E-state index in [1.54, 1.807) is 17.3 Å². The number of carbonyl (C=O) groups excluding carboxylic acids is 1. The molecule has 1 aliphatic carbocycles. The zero-order valence-electron chi connectivity index (χ0n) is 20.8. The van der Waals surface area contributed by atoms with Crippen LogP contribution in [0.1, 0.15) is 45.9 Å². The lowest BCUT2D eigenvalue weighted by atomic mass is 9.96. The third-order valence-corrected chi connectivity index (χ3v) is 7.24. The summed E-state index contributed by atoms with van der Waals surface area (Å²) in [6.45, 7) is 1.66. The van der Waals surface area contributed by atoms with Crippen LogP contribution in [0.3, 0.4) is 0 Å². The lowest BCUT2D eigenvalue weighted by Gasteiger charge is -2.18. The molecule has 188 valence electrons. The molecule has 9 heteroatoms. The van der Waals surface area contributed by atoms with E-state index in [0.29, 0.717) is 47.6 Å². The number of aromatic nitrogens is 4. The number of fused-ring (bicyclic) bond motifs is 1. The number of amides is 1. The fourth-order valence-electron chi connectivity index (χ4n) is 4.90. The Morgan fingerprint density at radius 3 is 2.71 bits per heavy atom. The van der Waals surface area contributed by atoms with Gasteiger partial charge in [-0.15, -0.1) is 10.2 Å². The van der Waals surface area contributed by atoms with E-state index in [4.69, 9.17) is 14.5 Å². The minimum absolute atomic E-state index is 0.0899. The number of aryl methyl sites for hydroxylation is 1. The van der Waals surface area contributed by atoms with E-state index in [-0.39, 0.29) is 12.0 Å². The Balaban J connectivity index is 1.28. The van der Waals surface area contributed by atoms with Gasteiger partial charge in [0.2, 0.25) is 0 Å². The largest absolute Gasteiger partial charge is 0.491 e. The number of carbonyl (C=O) groups is 1. The first kappa shape index (κ1) is 22.6. The molecule has 4 heterocycles. The molecule has 0 spiro atoms. The van der Waals surface area contributed by atoms with Crippen molar-refractivity contribution in [2.75, 3.05) is 18.1 Å². The molecule has 1 saturated heterocycles. The van der Waals surface area contributed by atoms with E-state index in [2.05, 4.69) is 22.3 Å². The van der Waals surface area contributed by atoms with Crippen molar-refractivity contribution in [3.05, 3.63) is 77.2 Å². The molecule has 38 heavy (non-hydrogen) atoms. The van der Waals surface area contributed by atoms with Gasteiger partial charge in [0.05, 0.1) is 24.8 Å². The highest BCUT2D eigenvalue weighted by Gasteiger charge is 2.33. The van der Waals surface area contributed by atoms with E-state index >= 15 is 0 Å². The van der Waals surface area contributed by atoms with Crippen LogP contribution in [-0.2, 0) is 18.3 Å². The summed E-state index contributed by atoms with van der Waals surface area (Å²) in [6.07, 6.45) is 3.95. The molecule has 0 radical (unpaired) electrons. The summed E-state index contributed by atoms with van der Waals surface area (Å²) in [7, 11) is 1.88. The van der Waals surface area contributed by atoms with Gasteiger partial charge in [-0.05, 0) is 65.9 Å². The number of hydrogen-bond acceptors (Lipinski definition) is 7. The molecule has 1 saturated carbocycles. The topological polar surface area (TPSA) is 109 Å². The quantitative estimate of drug-likeness (QED) is 0.347. The monoisotopic (exact) mass is 504 g/mol. The first-order valence-electron chi connectivity index (χ1n) is 12.7. The molecule has 9 nitrogen and oxygen atoms in total. The minimum atomic E-state index is -0.0899. The van der Waals surface area contributed by atoms with Crippen molar-refractivity contribution in [3.8, 4) is 34.3 Å². The molecule has 2 aliphatic heterocycles. The van der Waals surface area contributed by atoms with E-state index in [0.717, 1.165) is 47.4 Å². The summed E-state index contributed by atoms with van der Waals surface area (Å²) in [5.41, 5.74) is 5.74. The molecular formula is C29H24N6O3. The number of epoxide rings is 1. The summed E-state index contributed by atoms with van der Waals surface area (Å²) >= 11 is 0. The van der Waals surface area contributed by atoms with E-state index in [9.17, 15) is 10.1 Å². The van der Waals surface area contributed by atoms with Gasteiger partial charge in [0.1, 0.15) is 30.6 Å². The summed E-state index contributed by atoms with van der Waals surface area (Å²) in [6, 6.07) is 17.5. The van der Waals surface area contributed by atoms with Crippen LogP contribution in [0.4, 0.5) is 5.82 Å². The lowest BCUT2D eigenvalue weighted by Crippen LogP contribution is -2.24. The molecule has 1 amide bonds. The molecule has 0 N–H and O–H groups in total. The van der Waals surface area contributed by atoms with E-state index < -0.39 is 0 Å². The van der Waals surface area contributed by atoms with Gasteiger partial charge < -0.3 is 14.0 Å². The maximum Gasteiger partial charge on any atom is 0.260 e. The molecule has 2 aromatic heterocycles. The Morgan fingerprint density at radius 1 is 1.11 bits per heavy atom. The van der Waals surface area contributed by atoms with Gasteiger partial charge in [-0.2, -0.15) is 5.26 Å². The van der Waals surface area contributed by atoms with Crippen LogP contribution in [0.5, 0.6) is 5.75 Å². The van der Waals surface area contributed by atoms with E-state index in [1.807, 2.05) is 48.0 Å². The van der Waals surface area contributed by atoms with Crippen LogP contribution in [0.2, 0.25) is 0 Å². The van der Waals surface area contributed by atoms with Crippen LogP contribution in [-0.4, -0.2) is 45.0 Å². The fraction of sp³-hybridized carbons (Fsp3) is 0.276. The van der Waals surface area contributed by atoms with Crippen LogP contribution < -0.4 is 9.64 Å². The highest BCUT2D eigenvalue weighted by molar-refractivity contribution is 6.10. The molecule has 7 rings (SSSR count). The van der Waals surface area contributed by atoms with Gasteiger partial charge in [-0.25, -0.2) is 4.98 Å². The Kier molecular flexibility index (Phi) is 5.23. The Morgan fingerprint density at radius 2 is 1.97 bits per heavy atom. The van der Waals surface area contributed by atoms with Crippen molar-refractivity contribution in [2.24, 2.45) is 7.05 Å². The van der Waals surface area contributed by atoms with Crippen LogP contribution in [0.25, 0.3) is 22.5 Å². The van der Waals surface area contributed by atoms with Crippen molar-refractivity contribution in [3.63, 3.8) is 0 Å². The smallest absolute Gasteiger partial charge is 0.260 e. The van der Waals surface area contributed by atoms with Gasteiger partial charge in [-0.1, -0.05) is 12.1 Å². The third-order valence-electron chi connectivity index (χ3n) is 7.24. The number of rotatable bonds is 7. The first-order chi connectivity index (χ1) is 18.6. The van der Waals surface area contributed by atoms with Crippen LogP contribution in [0.15, 0.2) is 54.9 Å². The average Bonchev–Trinajstić information content (AvgIpc) is 3.88. The summed E-state index contributed by atoms with van der Waals surface area (Å²) in [5, 5.41) is 17.9. The van der Waals surface area contributed by atoms with Gasteiger partial charge in [-0.3, -0.25) is 9.69 Å². The highest BCUT2D eigenvalue weighted by Crippen LogP contribution is 2.43. The second-order valence-corrected chi connectivity index (χ2v) is 10.0. The number of nitriles is 1. The zero-order valence-corrected chi connectivity index (χ0v) is 20.8. The fourth-order valence-corrected chi connectivity index (χ4v) is 4.90. The number of nitrogens with zero attached hydrogens (tertiary/aromatic N) is 6. The number of pyridine rings is 1. The summed E-state index contributed by atoms with van der Waals surface area (Å²) in [4.78, 5) is 20.3. The number of anilines is 1. The Hall–Kier alpha value is -4.55. The van der Waals surface area contributed by atoms with Gasteiger partial charge in [0.25, 0.3) is 5.91 Å². The van der Waals surface area contributed by atoms with Crippen LogP contribution in [0, 0.1) is 11.3 Å². The molecule has 1 atom stereocenters. The number of ether oxygens (including phenoxy) is 2. The van der Waals surface area contributed by atoms with Gasteiger partial charge in [0, 0.05) is 29.8 Å². The minimum Gasteiger partial charge on any atom is -0.491 e. The maximum absolute atomic E-state index is 13.6. The molecule has 0 unspecified atom stereocenters. The lowest BCUT2D eigenvalue weighted by molar-refractivity contribution is 0.0995. The Labute approximate surface area is 219 Å². The summed E-state index contributed by atoms with van der Waals surface area (Å²) in [5.74, 6) is 2.24. The molecular weight excluding hydrogens is 480 g/mol. The highest BCUT2D eigenvalue weighted by atomic mass is 16.6. The SMILES string of the molecule is Cn1cnnc1-c1cc(C#N)ccc1-c1cc(C2CC2)nc(N2Cc3ccc(OC[C@@H]4CO4)cc3C2=O)c1. The zero-order chi connectivity index (χ0) is 25.8. The molecule has 3 aliphatic rings. The standard InChI is InChI=1S/C29H24N6O3/c1-34-16-31-33-28(34)25-8-17(12-30)2-7-23(25)20-9-26(18-3-4-18)32-27(10-20)35-13-19-5-6-21(11-24(19)29(35)36)37-14-22-15-38-22/h2,5-11,16,18,22H,3-4,13-15H2,1H3/t22-/m1/s1. The van der Waals surface area contributed by atoms with Crippen molar-refractivity contribution >= 4 is 11.7 Å². The van der Waals surface area contributed by atoms with Crippen molar-refractivity contribution in [2.45, 2.75) is 31.4 Å². The average molecular weight is 505 g/mol. The van der Waals surface area contributed by atoms with Crippen molar-refractivity contribution in [1.82, 2.24) is 19.7 Å². The molecule has 2 aromatic carbocycles. The predicted octanol–water partition coefficient (Wildman–Crippen LogP) is 4.23. The van der Waals surface area contributed by atoms with Gasteiger partial charge >= 0.3 is 0 Å². The number of hydrogen-bond donors (Lipinski definition) is 0. The second kappa shape index (κ2) is 8.78. The van der Waals surface area contributed by atoms with Crippen molar-refractivity contribution in [1.29, 1.82) is 5.26 Å². The molecule has 0 bridgehead atoms. The third kappa shape index (κ3) is 4.09. The second-order valence-electron chi connectivity index (χ2n) is 10.0. The number of benzene rings is 2. The first-order valence-corrected chi connectivity index (χ1v) is 12.7. The molecule has 2 fully saturated rings. The summed E-state index contributed by atoms with van der Waals surface area (Å²) < 4.78 is 12.9. The predicted molar refractivity (Wildman–Crippen MR) is 139 cm³/mol. The van der Waals surface area contributed by atoms with Crippen LogP contribution >= 0.6 is 0 Å². The van der Waals surface area contributed by atoms with Crippen molar-refractivity contribution < 1.29 is 14.3 Å². The molecule has 4 aromatic rings. The normalized spacial score (nSPS) is 17.8. The Bertz CT molecular complexity index is 1630.